The molecular weight excluding hydrogens is 264 g/mol. The molecule has 6 nitrogen and oxygen atoms in total. The molecule has 0 saturated heterocycles. The summed E-state index contributed by atoms with van der Waals surface area (Å²) in [6, 6.07) is 5.72. The van der Waals surface area contributed by atoms with Crippen molar-refractivity contribution in [3.63, 3.8) is 0 Å². The number of nitrogens with zero attached hydrogens (tertiary/aromatic N) is 1. The van der Waals surface area contributed by atoms with Crippen LogP contribution >= 0.6 is 0 Å². The van der Waals surface area contributed by atoms with Gasteiger partial charge in [0.1, 0.15) is 6.79 Å². The van der Waals surface area contributed by atoms with Crippen molar-refractivity contribution in [2.24, 2.45) is 0 Å². The summed E-state index contributed by atoms with van der Waals surface area (Å²) in [5.74, 6) is 0. The van der Waals surface area contributed by atoms with E-state index < -0.39 is 10.4 Å². The molecule has 1 heterocycles. The standard InChI is InChI=1S/C5H5N.CH2O.H2O4S.Zn/c1-2-4-6-5-3-1;1-2;1-5(2,3)4;/h1-5H;1H2;(H2,1,2,3,4);. The van der Waals surface area contributed by atoms with Gasteiger partial charge in [-0.25, -0.2) is 0 Å². The largest absolute Gasteiger partial charge is 0.394 e. The second-order valence-corrected chi connectivity index (χ2v) is 2.37. The minimum atomic E-state index is -4.67. The average molecular weight is 273 g/mol. The molecular formula is C6H9NO5SZn. The van der Waals surface area contributed by atoms with Gasteiger partial charge in [0.05, 0.1) is 0 Å². The number of hydrogen-bond acceptors (Lipinski definition) is 4. The Balaban J connectivity index is -0.000000141. The molecule has 0 radical (unpaired) electrons. The average Bonchev–Trinajstić information content (AvgIpc) is 2.08. The van der Waals surface area contributed by atoms with Crippen LogP contribution in [0.4, 0.5) is 0 Å². The SMILES string of the molecule is C=O.O=S(=O)(O)O.[Zn].c1ccncc1. The molecule has 0 spiro atoms. The zero-order valence-corrected chi connectivity index (χ0v) is 11.1. The predicted molar refractivity (Wildman–Crippen MR) is 45.5 cm³/mol. The smallest absolute Gasteiger partial charge is 0.307 e. The Bertz CT molecular complexity index is 256. The van der Waals surface area contributed by atoms with E-state index in [2.05, 4.69) is 4.98 Å². The first-order chi connectivity index (χ1) is 6.00. The molecule has 0 atom stereocenters. The van der Waals surface area contributed by atoms with Gasteiger partial charge in [-0.3, -0.25) is 14.1 Å². The zero-order valence-electron chi connectivity index (χ0n) is 7.28. The first-order valence-electron chi connectivity index (χ1n) is 2.84. The van der Waals surface area contributed by atoms with Gasteiger partial charge in [-0.05, 0) is 12.1 Å². The summed E-state index contributed by atoms with van der Waals surface area (Å²) in [6.45, 7) is 2.00. The summed E-state index contributed by atoms with van der Waals surface area (Å²) in [5, 5.41) is 0. The molecule has 2 N–H and O–H groups in total. The summed E-state index contributed by atoms with van der Waals surface area (Å²) in [7, 11) is -4.67. The topological polar surface area (TPSA) is 105 Å². The van der Waals surface area contributed by atoms with Crippen molar-refractivity contribution in [3.8, 4) is 0 Å². The summed E-state index contributed by atoms with van der Waals surface area (Å²) < 4.78 is 31.6. The van der Waals surface area contributed by atoms with Crippen molar-refractivity contribution in [3.05, 3.63) is 30.6 Å². The van der Waals surface area contributed by atoms with Crippen LogP contribution in [0.25, 0.3) is 0 Å². The maximum Gasteiger partial charge on any atom is 0.394 e. The van der Waals surface area contributed by atoms with Gasteiger partial charge in [0.25, 0.3) is 0 Å². The van der Waals surface area contributed by atoms with Gasteiger partial charge in [0.15, 0.2) is 0 Å². The van der Waals surface area contributed by atoms with Crippen LogP contribution in [0.2, 0.25) is 0 Å². The van der Waals surface area contributed by atoms with E-state index in [1.165, 1.54) is 0 Å². The van der Waals surface area contributed by atoms with E-state index in [1.807, 2.05) is 25.0 Å². The normalized spacial score (nSPS) is 7.86. The fourth-order valence-corrected chi connectivity index (χ4v) is 0.313. The van der Waals surface area contributed by atoms with Gasteiger partial charge in [-0.2, -0.15) is 8.42 Å². The molecule has 0 bridgehead atoms. The first-order valence-corrected chi connectivity index (χ1v) is 4.23. The van der Waals surface area contributed by atoms with Crippen LogP contribution in [-0.2, 0) is 34.7 Å². The van der Waals surface area contributed by atoms with Gasteiger partial charge < -0.3 is 4.79 Å². The molecule has 14 heavy (non-hydrogen) atoms. The number of aromatic nitrogens is 1. The van der Waals surface area contributed by atoms with Crippen molar-refractivity contribution in [1.29, 1.82) is 0 Å². The van der Waals surface area contributed by atoms with Crippen molar-refractivity contribution in [2.45, 2.75) is 0 Å². The van der Waals surface area contributed by atoms with Crippen LogP contribution in [0.3, 0.4) is 0 Å². The van der Waals surface area contributed by atoms with Crippen LogP contribution in [-0.4, -0.2) is 29.3 Å². The monoisotopic (exact) mass is 271 g/mol. The number of carbonyl (C=O) groups excluding carboxylic acids is 1. The van der Waals surface area contributed by atoms with E-state index in [-0.39, 0.29) is 19.5 Å². The third-order valence-electron chi connectivity index (χ3n) is 0.566. The molecule has 0 aliphatic carbocycles. The first kappa shape index (κ1) is 19.0. The molecule has 0 amide bonds. The Morgan fingerprint density at radius 1 is 1.00 bits per heavy atom. The van der Waals surface area contributed by atoms with E-state index in [1.54, 1.807) is 12.4 Å². The van der Waals surface area contributed by atoms with E-state index >= 15 is 0 Å². The minimum absolute atomic E-state index is 0. The number of rotatable bonds is 0. The van der Waals surface area contributed by atoms with Crippen LogP contribution in [0.5, 0.6) is 0 Å². The third kappa shape index (κ3) is 42.6. The van der Waals surface area contributed by atoms with Gasteiger partial charge in [-0.15, -0.1) is 0 Å². The van der Waals surface area contributed by atoms with Gasteiger partial charge in [0.2, 0.25) is 0 Å². The Hall–Kier alpha value is -0.687. The maximum absolute atomic E-state index is 8.74. The maximum atomic E-state index is 8.74. The van der Waals surface area contributed by atoms with Crippen molar-refractivity contribution in [1.82, 2.24) is 4.98 Å². The zero-order chi connectivity index (χ0) is 10.7. The summed E-state index contributed by atoms with van der Waals surface area (Å²) in [5.41, 5.74) is 0. The van der Waals surface area contributed by atoms with Crippen molar-refractivity contribution in [2.75, 3.05) is 0 Å². The van der Waals surface area contributed by atoms with Crippen LogP contribution < -0.4 is 0 Å². The predicted octanol–water partition coefficient (Wildman–Crippen LogP) is 0.241. The fraction of sp³-hybridized carbons (Fsp3) is 0. The van der Waals surface area contributed by atoms with E-state index in [0.29, 0.717) is 0 Å². The third-order valence-corrected chi connectivity index (χ3v) is 0.566. The molecule has 0 saturated carbocycles. The molecule has 1 rings (SSSR count). The molecule has 0 aliphatic heterocycles. The van der Waals surface area contributed by atoms with Crippen LogP contribution in [0, 0.1) is 0 Å². The van der Waals surface area contributed by atoms with E-state index in [0.717, 1.165) is 0 Å². The fourth-order valence-electron chi connectivity index (χ4n) is 0.313. The Morgan fingerprint density at radius 3 is 1.36 bits per heavy atom. The van der Waals surface area contributed by atoms with Gasteiger partial charge in [-0.1, -0.05) is 6.07 Å². The minimum Gasteiger partial charge on any atom is -0.307 e. The molecule has 0 unspecified atom stereocenters. The van der Waals surface area contributed by atoms with E-state index in [9.17, 15) is 0 Å². The summed E-state index contributed by atoms with van der Waals surface area (Å²) in [4.78, 5) is 11.8. The summed E-state index contributed by atoms with van der Waals surface area (Å²) >= 11 is 0. The van der Waals surface area contributed by atoms with Crippen molar-refractivity contribution >= 4 is 17.2 Å². The molecule has 8 heteroatoms. The number of pyridine rings is 1. The van der Waals surface area contributed by atoms with Gasteiger partial charge in [0, 0.05) is 31.9 Å². The van der Waals surface area contributed by atoms with Gasteiger partial charge >= 0.3 is 10.4 Å². The van der Waals surface area contributed by atoms with E-state index in [4.69, 9.17) is 22.3 Å². The van der Waals surface area contributed by atoms with Crippen LogP contribution in [0.15, 0.2) is 30.6 Å². The number of carbonyl (C=O) groups is 1. The Labute approximate surface area is 94.7 Å². The molecule has 1 aromatic heterocycles. The molecule has 76 valence electrons. The number of hydrogen-bond donors (Lipinski definition) is 2. The Kier molecular flexibility index (Phi) is 16.7. The van der Waals surface area contributed by atoms with Crippen molar-refractivity contribution < 1.29 is 41.8 Å². The molecule has 1 aromatic rings. The quantitative estimate of drug-likeness (QED) is 0.518. The van der Waals surface area contributed by atoms with Crippen LogP contribution in [0.1, 0.15) is 0 Å². The molecule has 0 aromatic carbocycles. The Morgan fingerprint density at radius 2 is 1.29 bits per heavy atom. The molecule has 0 fully saturated rings. The molecule has 0 aliphatic rings. The summed E-state index contributed by atoms with van der Waals surface area (Å²) in [6.07, 6.45) is 3.50. The second kappa shape index (κ2) is 12.3. The second-order valence-electron chi connectivity index (χ2n) is 1.47.